The van der Waals surface area contributed by atoms with E-state index < -0.39 is 6.17 Å². The quantitative estimate of drug-likeness (QED) is 0.500. The highest BCUT2D eigenvalue weighted by Gasteiger charge is 1.99. The van der Waals surface area contributed by atoms with E-state index in [0.717, 1.165) is 0 Å². The zero-order chi connectivity index (χ0) is 5.70. The number of halogens is 1. The van der Waals surface area contributed by atoms with E-state index >= 15 is 0 Å². The van der Waals surface area contributed by atoms with Crippen LogP contribution in [-0.4, -0.2) is 12.7 Å². The molecule has 0 bridgehead atoms. The van der Waals surface area contributed by atoms with Crippen molar-refractivity contribution >= 4 is 0 Å². The lowest BCUT2D eigenvalue weighted by atomic mass is 10.3. The molecule has 7 heavy (non-hydrogen) atoms. The first kappa shape index (κ1) is 6.53. The SMILES string of the molecule is CCC(F)CN=O. The molecule has 0 aliphatic rings. The molecule has 0 aromatic carbocycles. The Morgan fingerprint density at radius 2 is 2.43 bits per heavy atom. The molecule has 0 spiro atoms. The standard InChI is InChI=1S/C4H8FNO/c1-2-4(5)3-6-7/h4H,2-3H2,1H3. The fraction of sp³-hybridized carbons (Fsp3) is 1.00. The normalized spacial score (nSPS) is 13.4. The molecule has 1 atom stereocenters. The molecular weight excluding hydrogens is 97.0 g/mol. The molecule has 0 rings (SSSR count). The van der Waals surface area contributed by atoms with E-state index in [4.69, 9.17) is 0 Å². The van der Waals surface area contributed by atoms with Crippen molar-refractivity contribution < 1.29 is 4.39 Å². The van der Waals surface area contributed by atoms with Crippen LogP contribution in [0.5, 0.6) is 0 Å². The van der Waals surface area contributed by atoms with Crippen LogP contribution in [0.3, 0.4) is 0 Å². The fourth-order valence-corrected chi connectivity index (χ4v) is 0.210. The van der Waals surface area contributed by atoms with Gasteiger partial charge >= 0.3 is 0 Å². The summed E-state index contributed by atoms with van der Waals surface area (Å²) in [5, 5.41) is 2.38. The average molecular weight is 105 g/mol. The lowest BCUT2D eigenvalue weighted by molar-refractivity contribution is 0.333. The molecule has 0 amide bonds. The first-order valence-electron chi connectivity index (χ1n) is 2.24. The summed E-state index contributed by atoms with van der Waals surface area (Å²) in [4.78, 5) is 9.28. The van der Waals surface area contributed by atoms with Crippen LogP contribution in [0.2, 0.25) is 0 Å². The number of rotatable bonds is 3. The lowest BCUT2D eigenvalue weighted by Gasteiger charge is -1.92. The van der Waals surface area contributed by atoms with Crippen molar-refractivity contribution in [2.45, 2.75) is 19.5 Å². The number of nitrogens with zero attached hydrogens (tertiary/aromatic N) is 1. The van der Waals surface area contributed by atoms with Gasteiger partial charge in [0.25, 0.3) is 0 Å². The average Bonchev–Trinajstić information content (AvgIpc) is 1.68. The van der Waals surface area contributed by atoms with Crippen LogP contribution >= 0.6 is 0 Å². The van der Waals surface area contributed by atoms with Gasteiger partial charge in [0.2, 0.25) is 0 Å². The predicted octanol–water partition coefficient (Wildman–Crippen LogP) is 1.50. The van der Waals surface area contributed by atoms with Crippen LogP contribution in [0.25, 0.3) is 0 Å². The van der Waals surface area contributed by atoms with Gasteiger partial charge in [-0.2, -0.15) is 4.91 Å². The minimum absolute atomic E-state index is 0.198. The minimum atomic E-state index is -1.03. The lowest BCUT2D eigenvalue weighted by Crippen LogP contribution is -2.00. The molecule has 0 fully saturated rings. The van der Waals surface area contributed by atoms with Crippen molar-refractivity contribution in [3.8, 4) is 0 Å². The van der Waals surface area contributed by atoms with Gasteiger partial charge < -0.3 is 0 Å². The maximum atomic E-state index is 11.8. The van der Waals surface area contributed by atoms with Crippen LogP contribution in [0.15, 0.2) is 5.18 Å². The molecule has 0 aliphatic heterocycles. The second-order valence-corrected chi connectivity index (χ2v) is 1.32. The highest BCUT2D eigenvalue weighted by molar-refractivity contribution is 4.53. The van der Waals surface area contributed by atoms with Gasteiger partial charge in [0.05, 0.1) is 0 Å². The van der Waals surface area contributed by atoms with Crippen LogP contribution in [0.4, 0.5) is 4.39 Å². The first-order valence-corrected chi connectivity index (χ1v) is 2.24. The number of alkyl halides is 1. The third-order valence-corrected chi connectivity index (χ3v) is 0.716. The van der Waals surface area contributed by atoms with Crippen LogP contribution < -0.4 is 0 Å². The summed E-state index contributed by atoms with van der Waals surface area (Å²) in [5.41, 5.74) is 0. The van der Waals surface area contributed by atoms with Crippen molar-refractivity contribution in [1.29, 1.82) is 0 Å². The summed E-state index contributed by atoms with van der Waals surface area (Å²) >= 11 is 0. The fourth-order valence-electron chi connectivity index (χ4n) is 0.210. The van der Waals surface area contributed by atoms with Gasteiger partial charge in [-0.25, -0.2) is 4.39 Å². The Hall–Kier alpha value is -0.470. The maximum Gasteiger partial charge on any atom is 0.123 e. The third-order valence-electron chi connectivity index (χ3n) is 0.716. The highest BCUT2D eigenvalue weighted by Crippen LogP contribution is 1.94. The monoisotopic (exact) mass is 105 g/mol. The topological polar surface area (TPSA) is 29.4 Å². The molecule has 0 saturated carbocycles. The second-order valence-electron chi connectivity index (χ2n) is 1.32. The van der Waals surface area contributed by atoms with Gasteiger partial charge in [-0.1, -0.05) is 12.1 Å². The highest BCUT2D eigenvalue weighted by atomic mass is 19.1. The Labute approximate surface area is 41.7 Å². The Balaban J connectivity index is 2.98. The third kappa shape index (κ3) is 3.36. The Morgan fingerprint density at radius 3 is 2.57 bits per heavy atom. The van der Waals surface area contributed by atoms with Crippen LogP contribution in [0.1, 0.15) is 13.3 Å². The minimum Gasteiger partial charge on any atom is -0.245 e. The largest absolute Gasteiger partial charge is 0.245 e. The molecular formula is C4H8FNO. The summed E-state index contributed by atoms with van der Waals surface area (Å²) in [6.07, 6.45) is -0.649. The van der Waals surface area contributed by atoms with Gasteiger partial charge in [-0.3, -0.25) is 0 Å². The molecule has 0 aromatic heterocycles. The van der Waals surface area contributed by atoms with Gasteiger partial charge in [0, 0.05) is 0 Å². The summed E-state index contributed by atoms with van der Waals surface area (Å²) in [6, 6.07) is 0. The van der Waals surface area contributed by atoms with Crippen LogP contribution in [0, 0.1) is 4.91 Å². The zero-order valence-electron chi connectivity index (χ0n) is 4.22. The smallest absolute Gasteiger partial charge is 0.123 e. The van der Waals surface area contributed by atoms with E-state index in [-0.39, 0.29) is 6.54 Å². The molecule has 42 valence electrons. The summed E-state index contributed by atoms with van der Waals surface area (Å²) in [7, 11) is 0. The Morgan fingerprint density at radius 1 is 1.86 bits per heavy atom. The molecule has 1 unspecified atom stereocenters. The van der Waals surface area contributed by atoms with E-state index in [1.807, 2.05) is 0 Å². The molecule has 3 heteroatoms. The number of hydrogen-bond acceptors (Lipinski definition) is 2. The van der Waals surface area contributed by atoms with Gasteiger partial charge in [0.1, 0.15) is 12.7 Å². The zero-order valence-corrected chi connectivity index (χ0v) is 4.22. The molecule has 0 N–H and O–H groups in total. The van der Waals surface area contributed by atoms with Crippen molar-refractivity contribution in [2.75, 3.05) is 6.54 Å². The number of hydrogen-bond donors (Lipinski definition) is 0. The molecule has 0 radical (unpaired) electrons. The molecule has 0 aromatic rings. The Kier molecular flexibility index (Phi) is 3.46. The van der Waals surface area contributed by atoms with E-state index in [2.05, 4.69) is 5.18 Å². The van der Waals surface area contributed by atoms with E-state index in [9.17, 15) is 9.30 Å². The molecule has 0 heterocycles. The van der Waals surface area contributed by atoms with Crippen LogP contribution in [-0.2, 0) is 0 Å². The summed E-state index contributed by atoms with van der Waals surface area (Å²) in [6.45, 7) is 1.48. The van der Waals surface area contributed by atoms with E-state index in [1.54, 1.807) is 6.92 Å². The van der Waals surface area contributed by atoms with Crippen molar-refractivity contribution in [2.24, 2.45) is 5.18 Å². The van der Waals surface area contributed by atoms with Gasteiger partial charge in [0.15, 0.2) is 0 Å². The van der Waals surface area contributed by atoms with Crippen molar-refractivity contribution in [3.05, 3.63) is 4.91 Å². The van der Waals surface area contributed by atoms with Crippen molar-refractivity contribution in [3.63, 3.8) is 0 Å². The van der Waals surface area contributed by atoms with E-state index in [1.165, 1.54) is 0 Å². The van der Waals surface area contributed by atoms with Gasteiger partial charge in [-0.05, 0) is 6.42 Å². The molecule has 0 aliphatic carbocycles. The van der Waals surface area contributed by atoms with E-state index in [0.29, 0.717) is 6.42 Å². The first-order chi connectivity index (χ1) is 3.31. The summed E-state index contributed by atoms with van der Waals surface area (Å²) < 4.78 is 11.8. The summed E-state index contributed by atoms with van der Waals surface area (Å²) in [5.74, 6) is 0. The molecule has 2 nitrogen and oxygen atoms in total. The molecule has 0 saturated heterocycles. The maximum absolute atomic E-state index is 11.8. The van der Waals surface area contributed by atoms with Gasteiger partial charge in [-0.15, -0.1) is 0 Å². The predicted molar refractivity (Wildman–Crippen MR) is 25.8 cm³/mol. The second kappa shape index (κ2) is 3.71. The number of nitroso groups, excluding NO2 is 1. The Bertz CT molecular complexity index is 57.7. The van der Waals surface area contributed by atoms with Crippen molar-refractivity contribution in [1.82, 2.24) is 0 Å².